The molecular weight excluding hydrogens is 351 g/mol. The first-order chi connectivity index (χ1) is 13.2. The third kappa shape index (κ3) is 3.74. The van der Waals surface area contributed by atoms with Gasteiger partial charge in [0.2, 0.25) is 0 Å². The van der Waals surface area contributed by atoms with E-state index in [0.717, 1.165) is 42.1 Å². The van der Waals surface area contributed by atoms with Gasteiger partial charge in [0.15, 0.2) is 0 Å². The highest BCUT2D eigenvalue weighted by Gasteiger charge is 2.43. The van der Waals surface area contributed by atoms with E-state index in [2.05, 4.69) is 24.3 Å². The van der Waals surface area contributed by atoms with Gasteiger partial charge in [0.1, 0.15) is 12.9 Å². The van der Waals surface area contributed by atoms with Crippen LogP contribution in [0.2, 0.25) is 0 Å². The van der Waals surface area contributed by atoms with E-state index in [-0.39, 0.29) is 5.75 Å². The lowest BCUT2D eigenvalue weighted by atomic mass is 9.99. The van der Waals surface area contributed by atoms with Crippen LogP contribution in [0.5, 0.6) is 5.75 Å². The van der Waals surface area contributed by atoms with Gasteiger partial charge in [0.25, 0.3) is 0 Å². The molecule has 0 aliphatic heterocycles. The van der Waals surface area contributed by atoms with Crippen LogP contribution in [0.1, 0.15) is 64.2 Å². The Bertz CT molecular complexity index is 777. The molecule has 0 spiro atoms. The maximum absolute atomic E-state index is 14.9. The second-order valence-electron chi connectivity index (χ2n) is 8.36. The summed E-state index contributed by atoms with van der Waals surface area (Å²) >= 11 is 0. The van der Waals surface area contributed by atoms with E-state index in [9.17, 15) is 9.67 Å². The van der Waals surface area contributed by atoms with Crippen molar-refractivity contribution in [2.45, 2.75) is 75.5 Å². The second-order valence-corrected chi connectivity index (χ2v) is 11.7. The van der Waals surface area contributed by atoms with Crippen LogP contribution < -0.4 is 5.30 Å². The van der Waals surface area contributed by atoms with Crippen molar-refractivity contribution in [3.63, 3.8) is 0 Å². The van der Waals surface area contributed by atoms with Crippen molar-refractivity contribution in [3.05, 3.63) is 48.5 Å². The summed E-state index contributed by atoms with van der Waals surface area (Å²) in [5, 5.41) is 10.8. The molecule has 144 valence electrons. The maximum atomic E-state index is 14.9. The smallest absolute Gasteiger partial charge is 0.122 e. The Morgan fingerprint density at radius 2 is 1.22 bits per heavy atom. The Hall–Kier alpha value is -1.53. The van der Waals surface area contributed by atoms with E-state index in [1.54, 1.807) is 12.1 Å². The Labute approximate surface area is 163 Å². The highest BCUT2D eigenvalue weighted by Crippen LogP contribution is 2.62. The zero-order chi connectivity index (χ0) is 18.7. The molecule has 2 aliphatic carbocycles. The lowest BCUT2D eigenvalue weighted by Crippen LogP contribution is -2.30. The first-order valence-electron chi connectivity index (χ1n) is 10.7. The summed E-state index contributed by atoms with van der Waals surface area (Å²) in [4.78, 5) is 0. The number of phenols is 1. The van der Waals surface area contributed by atoms with Crippen molar-refractivity contribution in [1.29, 1.82) is 0 Å². The predicted octanol–water partition coefficient (Wildman–Crippen LogP) is 6.71. The molecule has 0 saturated heterocycles. The molecule has 2 aromatic rings. The SMILES string of the molecule is O=P(c1ccccc1-c1ccc(O)cc1)(C1CCCCC1)C1CCCCC1. The zero-order valence-electron chi connectivity index (χ0n) is 16.1. The summed E-state index contributed by atoms with van der Waals surface area (Å²) in [5.74, 6) is 0.277. The van der Waals surface area contributed by atoms with E-state index in [4.69, 9.17) is 0 Å². The van der Waals surface area contributed by atoms with Gasteiger partial charge in [0.05, 0.1) is 0 Å². The summed E-state index contributed by atoms with van der Waals surface area (Å²) in [6, 6.07) is 15.8. The van der Waals surface area contributed by atoms with E-state index in [1.165, 1.54) is 38.5 Å². The normalized spacial score (nSPS) is 19.9. The van der Waals surface area contributed by atoms with Crippen molar-refractivity contribution in [2.75, 3.05) is 0 Å². The highest BCUT2D eigenvalue weighted by molar-refractivity contribution is 7.73. The fourth-order valence-electron chi connectivity index (χ4n) is 5.28. The molecule has 2 nitrogen and oxygen atoms in total. The summed E-state index contributed by atoms with van der Waals surface area (Å²) in [5.41, 5.74) is 2.88. The molecule has 0 radical (unpaired) electrons. The molecule has 2 fully saturated rings. The maximum Gasteiger partial charge on any atom is 0.122 e. The van der Waals surface area contributed by atoms with E-state index in [1.807, 2.05) is 12.1 Å². The molecule has 0 unspecified atom stereocenters. The standard InChI is InChI=1S/C24H31O2P/c25-20-17-15-19(16-18-20)23-13-7-8-14-24(23)27(26,21-9-3-1-4-10-21)22-11-5-2-6-12-22/h7-8,13-18,21-22,25H,1-6,9-12H2. The van der Waals surface area contributed by atoms with E-state index < -0.39 is 7.14 Å². The largest absolute Gasteiger partial charge is 0.508 e. The molecule has 2 saturated carbocycles. The first kappa shape index (κ1) is 18.8. The summed E-state index contributed by atoms with van der Waals surface area (Å²) in [6.07, 6.45) is 12.0. The minimum absolute atomic E-state index is 0.277. The lowest BCUT2D eigenvalue weighted by Gasteiger charge is -2.39. The van der Waals surface area contributed by atoms with Gasteiger partial charge < -0.3 is 9.67 Å². The number of rotatable bonds is 4. The van der Waals surface area contributed by atoms with Crippen molar-refractivity contribution in [1.82, 2.24) is 0 Å². The molecule has 2 aliphatic rings. The highest BCUT2D eigenvalue weighted by atomic mass is 31.2. The molecule has 0 aromatic heterocycles. The molecular formula is C24H31O2P. The number of hydrogen-bond acceptors (Lipinski definition) is 2. The average molecular weight is 382 g/mol. The number of phenolic OH excluding ortho intramolecular Hbond substituents is 1. The lowest BCUT2D eigenvalue weighted by molar-refractivity contribution is 0.453. The van der Waals surface area contributed by atoms with Crippen LogP contribution in [0.15, 0.2) is 48.5 Å². The molecule has 27 heavy (non-hydrogen) atoms. The number of benzene rings is 2. The quantitative estimate of drug-likeness (QED) is 0.597. The van der Waals surface area contributed by atoms with Gasteiger partial charge in [-0.05, 0) is 48.9 Å². The predicted molar refractivity (Wildman–Crippen MR) is 115 cm³/mol. The van der Waals surface area contributed by atoms with E-state index in [0.29, 0.717) is 11.3 Å². The van der Waals surface area contributed by atoms with Crippen LogP contribution in [0, 0.1) is 0 Å². The molecule has 0 bridgehead atoms. The van der Waals surface area contributed by atoms with Gasteiger partial charge >= 0.3 is 0 Å². The van der Waals surface area contributed by atoms with E-state index >= 15 is 0 Å². The monoisotopic (exact) mass is 382 g/mol. The molecule has 1 N–H and O–H groups in total. The molecule has 0 amide bonds. The summed E-state index contributed by atoms with van der Waals surface area (Å²) in [6.45, 7) is 0. The van der Waals surface area contributed by atoms with Gasteiger partial charge in [-0.3, -0.25) is 0 Å². The van der Waals surface area contributed by atoms with Gasteiger partial charge in [0, 0.05) is 16.6 Å². The topological polar surface area (TPSA) is 37.3 Å². The van der Waals surface area contributed by atoms with Crippen molar-refractivity contribution in [2.24, 2.45) is 0 Å². The minimum Gasteiger partial charge on any atom is -0.508 e. The van der Waals surface area contributed by atoms with Gasteiger partial charge in [-0.2, -0.15) is 0 Å². The number of hydrogen-bond donors (Lipinski definition) is 1. The van der Waals surface area contributed by atoms with Crippen LogP contribution >= 0.6 is 7.14 Å². The van der Waals surface area contributed by atoms with Crippen LogP contribution in [-0.2, 0) is 4.57 Å². The van der Waals surface area contributed by atoms with Crippen molar-refractivity contribution >= 4 is 12.4 Å². The van der Waals surface area contributed by atoms with Crippen LogP contribution in [0.4, 0.5) is 0 Å². The Kier molecular flexibility index (Phi) is 5.74. The van der Waals surface area contributed by atoms with Crippen LogP contribution in [0.3, 0.4) is 0 Å². The zero-order valence-corrected chi connectivity index (χ0v) is 17.0. The molecule has 0 heterocycles. The Morgan fingerprint density at radius 3 is 1.78 bits per heavy atom. The number of aromatic hydroxyl groups is 1. The summed E-state index contributed by atoms with van der Waals surface area (Å²) < 4.78 is 14.9. The molecule has 3 heteroatoms. The first-order valence-corrected chi connectivity index (χ1v) is 12.5. The third-order valence-corrected chi connectivity index (χ3v) is 11.0. The van der Waals surface area contributed by atoms with Gasteiger partial charge in [-0.15, -0.1) is 0 Å². The van der Waals surface area contributed by atoms with Crippen LogP contribution in [-0.4, -0.2) is 16.4 Å². The average Bonchev–Trinajstić information content (AvgIpc) is 2.75. The molecule has 4 rings (SSSR count). The fraction of sp³-hybridized carbons (Fsp3) is 0.500. The second kappa shape index (κ2) is 8.23. The van der Waals surface area contributed by atoms with Crippen LogP contribution in [0.25, 0.3) is 11.1 Å². The fourth-order valence-corrected chi connectivity index (χ4v) is 9.83. The van der Waals surface area contributed by atoms with Gasteiger partial charge in [-0.1, -0.05) is 74.9 Å². The van der Waals surface area contributed by atoms with Crippen molar-refractivity contribution < 1.29 is 9.67 Å². The molecule has 0 atom stereocenters. The Morgan fingerprint density at radius 1 is 0.704 bits per heavy atom. The van der Waals surface area contributed by atoms with Crippen molar-refractivity contribution in [3.8, 4) is 16.9 Å². The molecule has 2 aromatic carbocycles. The van der Waals surface area contributed by atoms with Gasteiger partial charge in [-0.25, -0.2) is 0 Å². The summed E-state index contributed by atoms with van der Waals surface area (Å²) in [7, 11) is -2.50. The Balaban J connectivity index is 1.82. The third-order valence-electron chi connectivity index (χ3n) is 6.69. The minimum atomic E-state index is -2.50.